The van der Waals surface area contributed by atoms with Gasteiger partial charge in [0.2, 0.25) is 0 Å². The highest BCUT2D eigenvalue weighted by Crippen LogP contribution is 2.29. The zero-order valence-corrected chi connectivity index (χ0v) is 16.3. The molecule has 2 aromatic rings. The molecule has 1 fully saturated rings. The monoisotopic (exact) mass is 431 g/mol. The van der Waals surface area contributed by atoms with Gasteiger partial charge in [-0.2, -0.15) is 0 Å². The molecule has 1 saturated carbocycles. The van der Waals surface area contributed by atoms with Crippen molar-refractivity contribution in [2.45, 2.75) is 25.8 Å². The molecule has 4 rings (SSSR count). The molecule has 0 aromatic heterocycles. The Labute approximate surface area is 165 Å². The van der Waals surface area contributed by atoms with Gasteiger partial charge in [0, 0.05) is 28.6 Å². The highest BCUT2D eigenvalue weighted by molar-refractivity contribution is 9.10. The van der Waals surface area contributed by atoms with Gasteiger partial charge in [0.1, 0.15) is 12.4 Å². The maximum absolute atomic E-state index is 14.3. The number of ketones is 1. The molecule has 1 amide bonds. The topological polar surface area (TPSA) is 55.4 Å². The van der Waals surface area contributed by atoms with E-state index in [9.17, 15) is 14.0 Å². The normalized spacial score (nSPS) is 15.6. The van der Waals surface area contributed by atoms with Gasteiger partial charge < -0.3 is 10.1 Å². The molecular weight excluding hydrogens is 413 g/mol. The Balaban J connectivity index is 1.63. The van der Waals surface area contributed by atoms with Crippen LogP contribution in [0.4, 0.5) is 4.39 Å². The van der Waals surface area contributed by atoms with E-state index in [4.69, 9.17) is 4.74 Å². The molecule has 0 unspecified atom stereocenters. The summed E-state index contributed by atoms with van der Waals surface area (Å²) in [6, 6.07) is 8.31. The number of benzene rings is 2. The Morgan fingerprint density at radius 2 is 2.04 bits per heavy atom. The number of halogens is 2. The molecule has 0 saturated heterocycles. The highest BCUT2D eigenvalue weighted by Gasteiger charge is 2.25. The van der Waals surface area contributed by atoms with Crippen molar-refractivity contribution in [2.75, 3.05) is 13.2 Å². The second-order valence-corrected chi connectivity index (χ2v) is 8.06. The van der Waals surface area contributed by atoms with Crippen LogP contribution in [-0.4, -0.2) is 24.9 Å². The zero-order valence-electron chi connectivity index (χ0n) is 14.7. The summed E-state index contributed by atoms with van der Waals surface area (Å²) in [5, 5.41) is 2.77. The van der Waals surface area contributed by atoms with E-state index in [0.29, 0.717) is 45.8 Å². The first kappa shape index (κ1) is 18.3. The minimum absolute atomic E-state index is 0.00643. The van der Waals surface area contributed by atoms with Gasteiger partial charge in [-0.1, -0.05) is 22.0 Å². The predicted molar refractivity (Wildman–Crippen MR) is 102 cm³/mol. The van der Waals surface area contributed by atoms with Crippen LogP contribution in [0.1, 0.15) is 50.2 Å². The molecule has 0 spiro atoms. The molecule has 2 aromatic carbocycles. The number of carbonyl (C=O) groups excluding carboxylic acids is 2. The van der Waals surface area contributed by atoms with Crippen LogP contribution < -0.4 is 5.32 Å². The average molecular weight is 432 g/mol. The van der Waals surface area contributed by atoms with Crippen molar-refractivity contribution in [2.24, 2.45) is 5.92 Å². The van der Waals surface area contributed by atoms with E-state index in [1.165, 1.54) is 6.07 Å². The van der Waals surface area contributed by atoms with Crippen molar-refractivity contribution in [3.8, 4) is 0 Å². The Morgan fingerprint density at radius 3 is 2.78 bits per heavy atom. The van der Waals surface area contributed by atoms with Gasteiger partial charge in [0.05, 0.1) is 6.61 Å². The fourth-order valence-electron chi connectivity index (χ4n) is 3.27. The van der Waals surface area contributed by atoms with Crippen molar-refractivity contribution >= 4 is 27.6 Å². The van der Waals surface area contributed by atoms with Crippen LogP contribution in [0.5, 0.6) is 0 Å². The number of amides is 1. The molecule has 1 aliphatic heterocycles. The summed E-state index contributed by atoms with van der Waals surface area (Å²) in [6.45, 7) is 1.02. The zero-order chi connectivity index (χ0) is 19.0. The van der Waals surface area contributed by atoms with E-state index in [-0.39, 0.29) is 30.5 Å². The largest absolute Gasteiger partial charge is 0.373 e. The quantitative estimate of drug-likeness (QED) is 0.673. The predicted octanol–water partition coefficient (Wildman–Crippen LogP) is 4.03. The number of Topliss-reactive ketones (excluding diaryl/α,β-unsaturated/α-hetero) is 1. The molecule has 6 heteroatoms. The molecule has 1 heterocycles. The molecule has 1 aliphatic carbocycles. The number of hydrogen-bond acceptors (Lipinski definition) is 3. The summed E-state index contributed by atoms with van der Waals surface area (Å²) < 4.78 is 20.5. The fraction of sp³-hybridized carbons (Fsp3) is 0.333. The lowest BCUT2D eigenvalue weighted by atomic mass is 9.93. The summed E-state index contributed by atoms with van der Waals surface area (Å²) in [4.78, 5) is 24.8. The van der Waals surface area contributed by atoms with Crippen molar-refractivity contribution < 1.29 is 18.7 Å². The lowest BCUT2D eigenvalue weighted by Crippen LogP contribution is -2.15. The van der Waals surface area contributed by atoms with Gasteiger partial charge in [0.25, 0.3) is 5.91 Å². The first-order valence-electron chi connectivity index (χ1n) is 9.00. The van der Waals surface area contributed by atoms with Crippen molar-refractivity contribution in [3.63, 3.8) is 0 Å². The minimum Gasteiger partial charge on any atom is -0.373 e. The van der Waals surface area contributed by atoms with E-state index in [1.54, 1.807) is 24.3 Å². The van der Waals surface area contributed by atoms with Crippen molar-refractivity contribution in [3.05, 3.63) is 68.4 Å². The second kappa shape index (κ2) is 7.52. The van der Waals surface area contributed by atoms with Crippen LogP contribution in [0.15, 0.2) is 34.8 Å². The van der Waals surface area contributed by atoms with Gasteiger partial charge in [-0.25, -0.2) is 4.39 Å². The van der Waals surface area contributed by atoms with Crippen LogP contribution in [0.3, 0.4) is 0 Å². The Morgan fingerprint density at radius 1 is 1.22 bits per heavy atom. The third-order valence-electron chi connectivity index (χ3n) is 4.99. The summed E-state index contributed by atoms with van der Waals surface area (Å²) in [5.74, 6) is -0.0643. The summed E-state index contributed by atoms with van der Waals surface area (Å²) in [7, 11) is 0. The first-order chi connectivity index (χ1) is 13.0. The van der Waals surface area contributed by atoms with E-state index >= 15 is 0 Å². The van der Waals surface area contributed by atoms with E-state index in [2.05, 4.69) is 21.2 Å². The molecule has 140 valence electrons. The Kier molecular flexibility index (Phi) is 5.10. The standard InChI is InChI=1S/C21H19BrFNO3/c22-16-4-3-13(19(23)8-16)5-14-6-18-15(9-24-21(18)26)7-17(14)20(25)11-27-10-12-1-2-12/h3-4,6-8,12H,1-2,5,9-11H2,(H,24,26). The van der Waals surface area contributed by atoms with Crippen LogP contribution in [0.25, 0.3) is 0 Å². The summed E-state index contributed by atoms with van der Waals surface area (Å²) >= 11 is 3.25. The van der Waals surface area contributed by atoms with Gasteiger partial charge in [-0.05, 0) is 59.7 Å². The summed E-state index contributed by atoms with van der Waals surface area (Å²) in [6.07, 6.45) is 2.56. The summed E-state index contributed by atoms with van der Waals surface area (Å²) in [5.41, 5.74) is 2.98. The second-order valence-electron chi connectivity index (χ2n) is 7.14. The Hall–Kier alpha value is -2.05. The Bertz CT molecular complexity index is 924. The molecule has 2 aliphatic rings. The lowest BCUT2D eigenvalue weighted by Gasteiger charge is -2.12. The van der Waals surface area contributed by atoms with Crippen LogP contribution in [0.2, 0.25) is 0 Å². The van der Waals surface area contributed by atoms with Gasteiger partial charge in [-0.15, -0.1) is 0 Å². The average Bonchev–Trinajstić information content (AvgIpc) is 3.39. The van der Waals surface area contributed by atoms with Crippen LogP contribution in [0, 0.1) is 11.7 Å². The maximum atomic E-state index is 14.3. The smallest absolute Gasteiger partial charge is 0.251 e. The number of ether oxygens (including phenoxy) is 1. The molecule has 1 N–H and O–H groups in total. The van der Waals surface area contributed by atoms with Gasteiger partial charge in [-0.3, -0.25) is 9.59 Å². The van der Waals surface area contributed by atoms with Gasteiger partial charge >= 0.3 is 0 Å². The number of fused-ring (bicyclic) bond motifs is 1. The third kappa shape index (κ3) is 4.12. The SMILES string of the molecule is O=C(COCC1CC1)c1cc2c(cc1Cc1ccc(Br)cc1F)C(=O)NC2. The number of rotatable bonds is 7. The minimum atomic E-state index is -0.349. The number of hydrogen-bond donors (Lipinski definition) is 1. The first-order valence-corrected chi connectivity index (χ1v) is 9.79. The van der Waals surface area contributed by atoms with E-state index in [1.807, 2.05) is 0 Å². The number of carbonyl (C=O) groups is 2. The fourth-order valence-corrected chi connectivity index (χ4v) is 3.61. The van der Waals surface area contributed by atoms with Crippen LogP contribution in [-0.2, 0) is 17.7 Å². The molecular formula is C21H19BrFNO3. The van der Waals surface area contributed by atoms with Crippen molar-refractivity contribution in [1.29, 1.82) is 0 Å². The van der Waals surface area contributed by atoms with Crippen LogP contribution >= 0.6 is 15.9 Å². The lowest BCUT2D eigenvalue weighted by molar-refractivity contribution is 0.0738. The molecule has 0 radical (unpaired) electrons. The molecule has 4 nitrogen and oxygen atoms in total. The number of nitrogens with one attached hydrogen (secondary N) is 1. The third-order valence-corrected chi connectivity index (χ3v) is 5.49. The molecule has 27 heavy (non-hydrogen) atoms. The molecule has 0 atom stereocenters. The highest BCUT2D eigenvalue weighted by atomic mass is 79.9. The van der Waals surface area contributed by atoms with Gasteiger partial charge in [0.15, 0.2) is 5.78 Å². The van der Waals surface area contributed by atoms with Crippen molar-refractivity contribution in [1.82, 2.24) is 5.32 Å². The molecule has 0 bridgehead atoms. The maximum Gasteiger partial charge on any atom is 0.251 e. The van der Waals surface area contributed by atoms with E-state index < -0.39 is 0 Å². The van der Waals surface area contributed by atoms with E-state index in [0.717, 1.165) is 18.4 Å².